The lowest BCUT2D eigenvalue weighted by atomic mass is 10.1. The van der Waals surface area contributed by atoms with Crippen molar-refractivity contribution in [2.45, 2.75) is 6.92 Å². The van der Waals surface area contributed by atoms with Crippen molar-refractivity contribution < 1.29 is 4.79 Å². The van der Waals surface area contributed by atoms with Gasteiger partial charge >= 0.3 is 0 Å². The maximum atomic E-state index is 12.1. The van der Waals surface area contributed by atoms with Gasteiger partial charge in [0.25, 0.3) is 5.91 Å². The van der Waals surface area contributed by atoms with Crippen molar-refractivity contribution in [1.29, 1.82) is 0 Å². The van der Waals surface area contributed by atoms with E-state index in [9.17, 15) is 4.79 Å². The maximum absolute atomic E-state index is 12.1. The third-order valence-electron chi connectivity index (χ3n) is 3.12. The minimum absolute atomic E-state index is 0.230. The van der Waals surface area contributed by atoms with Gasteiger partial charge in [0.2, 0.25) is 0 Å². The van der Waals surface area contributed by atoms with Gasteiger partial charge in [-0.2, -0.15) is 0 Å². The summed E-state index contributed by atoms with van der Waals surface area (Å²) in [4.78, 5) is 23.4. The molecule has 2 N–H and O–H groups in total. The van der Waals surface area contributed by atoms with E-state index in [1.807, 2.05) is 31.2 Å². The average molecular weight is 278 g/mol. The van der Waals surface area contributed by atoms with E-state index in [0.29, 0.717) is 11.4 Å². The summed E-state index contributed by atoms with van der Waals surface area (Å²) >= 11 is 0. The lowest BCUT2D eigenvalue weighted by Gasteiger charge is -2.06. The lowest BCUT2D eigenvalue weighted by molar-refractivity contribution is 0.102. The van der Waals surface area contributed by atoms with E-state index in [2.05, 4.69) is 20.3 Å². The second-order valence-electron chi connectivity index (χ2n) is 4.63. The summed E-state index contributed by atoms with van der Waals surface area (Å²) in [5.41, 5.74) is 3.92. The van der Waals surface area contributed by atoms with Crippen LogP contribution in [0.1, 0.15) is 16.2 Å². The smallest absolute Gasteiger partial charge is 0.274 e. The fraction of sp³-hybridized carbons (Fsp3) is 0.0625. The number of aryl methyl sites for hydroxylation is 1. The van der Waals surface area contributed by atoms with Crippen molar-refractivity contribution in [3.63, 3.8) is 0 Å². The number of aromatic amines is 1. The fourth-order valence-electron chi connectivity index (χ4n) is 2.09. The van der Waals surface area contributed by atoms with Gasteiger partial charge in [0.15, 0.2) is 0 Å². The van der Waals surface area contributed by atoms with E-state index in [1.165, 1.54) is 0 Å². The number of nitrogens with zero attached hydrogens (tertiary/aromatic N) is 2. The predicted octanol–water partition coefficient (Wildman–Crippen LogP) is 3.03. The Hall–Kier alpha value is -2.95. The zero-order valence-corrected chi connectivity index (χ0v) is 11.5. The van der Waals surface area contributed by atoms with Crippen LogP contribution in [0.2, 0.25) is 0 Å². The maximum Gasteiger partial charge on any atom is 0.274 e. The monoisotopic (exact) mass is 278 g/mol. The molecule has 0 atom stereocenters. The average Bonchev–Trinajstić information content (AvgIpc) is 2.94. The number of amides is 1. The van der Waals surface area contributed by atoms with Crippen LogP contribution >= 0.6 is 0 Å². The van der Waals surface area contributed by atoms with Crippen LogP contribution in [0.4, 0.5) is 5.69 Å². The van der Waals surface area contributed by atoms with Crippen LogP contribution in [0.15, 0.2) is 55.0 Å². The zero-order chi connectivity index (χ0) is 14.7. The van der Waals surface area contributed by atoms with E-state index in [1.54, 1.807) is 30.7 Å². The molecule has 0 radical (unpaired) electrons. The minimum atomic E-state index is -0.230. The molecule has 5 nitrogen and oxygen atoms in total. The highest BCUT2D eigenvalue weighted by atomic mass is 16.1. The fourth-order valence-corrected chi connectivity index (χ4v) is 2.09. The van der Waals surface area contributed by atoms with E-state index < -0.39 is 0 Å². The molecule has 0 aliphatic heterocycles. The van der Waals surface area contributed by atoms with Gasteiger partial charge in [0, 0.05) is 23.1 Å². The molecule has 2 aromatic heterocycles. The largest absolute Gasteiger partial charge is 0.348 e. The second-order valence-corrected chi connectivity index (χ2v) is 4.63. The summed E-state index contributed by atoms with van der Waals surface area (Å²) in [6.07, 6.45) is 3.25. The number of hydrogen-bond acceptors (Lipinski definition) is 3. The van der Waals surface area contributed by atoms with Crippen molar-refractivity contribution >= 4 is 11.6 Å². The molecular formula is C16H14N4O. The van der Waals surface area contributed by atoms with Crippen LogP contribution in [0.5, 0.6) is 0 Å². The molecule has 0 saturated carbocycles. The quantitative estimate of drug-likeness (QED) is 0.773. The van der Waals surface area contributed by atoms with Crippen LogP contribution in [0.3, 0.4) is 0 Å². The Kier molecular flexibility index (Phi) is 3.47. The van der Waals surface area contributed by atoms with E-state index in [4.69, 9.17) is 0 Å². The molecule has 0 fully saturated rings. The summed E-state index contributed by atoms with van der Waals surface area (Å²) in [6, 6.07) is 12.8. The van der Waals surface area contributed by atoms with Crippen LogP contribution in [0.25, 0.3) is 11.3 Å². The number of imidazole rings is 1. The number of carbonyl (C=O) groups is 1. The number of pyridine rings is 1. The topological polar surface area (TPSA) is 70.7 Å². The number of nitrogens with one attached hydrogen (secondary N) is 2. The first kappa shape index (κ1) is 13.1. The molecule has 0 saturated heterocycles. The SMILES string of the molecule is Cc1[nH]cnc1-c1cccc(NC(=O)c2ccccn2)c1. The van der Waals surface area contributed by atoms with Crippen LogP contribution in [-0.4, -0.2) is 20.9 Å². The first-order chi connectivity index (χ1) is 10.2. The van der Waals surface area contributed by atoms with Crippen molar-refractivity contribution in [3.8, 4) is 11.3 Å². The van der Waals surface area contributed by atoms with Gasteiger partial charge in [-0.15, -0.1) is 0 Å². The van der Waals surface area contributed by atoms with Crippen LogP contribution in [-0.2, 0) is 0 Å². The molecule has 21 heavy (non-hydrogen) atoms. The number of aromatic nitrogens is 3. The Labute approximate surface area is 122 Å². The number of carbonyl (C=O) groups excluding carboxylic acids is 1. The summed E-state index contributed by atoms with van der Waals surface area (Å²) in [6.45, 7) is 1.96. The van der Waals surface area contributed by atoms with E-state index >= 15 is 0 Å². The van der Waals surface area contributed by atoms with Gasteiger partial charge in [-0.05, 0) is 31.2 Å². The molecule has 2 heterocycles. The van der Waals surface area contributed by atoms with Gasteiger partial charge < -0.3 is 10.3 Å². The first-order valence-electron chi connectivity index (χ1n) is 6.57. The second kappa shape index (κ2) is 5.58. The number of anilines is 1. The van der Waals surface area contributed by atoms with Crippen molar-refractivity contribution in [1.82, 2.24) is 15.0 Å². The molecule has 0 spiro atoms. The molecule has 3 aromatic rings. The standard InChI is InChI=1S/C16H14N4O/c1-11-15(19-10-18-11)12-5-4-6-13(9-12)20-16(21)14-7-2-3-8-17-14/h2-10H,1H3,(H,18,19)(H,20,21). The number of rotatable bonds is 3. The first-order valence-corrected chi connectivity index (χ1v) is 6.57. The molecule has 104 valence electrons. The summed E-state index contributed by atoms with van der Waals surface area (Å²) in [7, 11) is 0. The summed E-state index contributed by atoms with van der Waals surface area (Å²) in [5, 5.41) is 2.84. The van der Waals surface area contributed by atoms with Crippen molar-refractivity contribution in [2.75, 3.05) is 5.32 Å². The lowest BCUT2D eigenvalue weighted by Crippen LogP contribution is -2.13. The molecule has 1 aromatic carbocycles. The third kappa shape index (κ3) is 2.81. The van der Waals surface area contributed by atoms with E-state index in [-0.39, 0.29) is 5.91 Å². The van der Waals surface area contributed by atoms with Gasteiger partial charge in [0.05, 0.1) is 12.0 Å². The van der Waals surface area contributed by atoms with Crippen LogP contribution in [0, 0.1) is 6.92 Å². The van der Waals surface area contributed by atoms with Gasteiger partial charge in [0.1, 0.15) is 5.69 Å². The Bertz CT molecular complexity index is 765. The highest BCUT2D eigenvalue weighted by molar-refractivity contribution is 6.03. The van der Waals surface area contributed by atoms with Gasteiger partial charge in [-0.25, -0.2) is 4.98 Å². The number of hydrogen-bond donors (Lipinski definition) is 2. The number of H-pyrrole nitrogens is 1. The highest BCUT2D eigenvalue weighted by Gasteiger charge is 2.09. The molecule has 5 heteroatoms. The zero-order valence-electron chi connectivity index (χ0n) is 11.5. The van der Waals surface area contributed by atoms with E-state index in [0.717, 1.165) is 17.0 Å². The normalized spacial score (nSPS) is 10.3. The Morgan fingerprint density at radius 3 is 2.76 bits per heavy atom. The molecule has 3 rings (SSSR count). The van der Waals surface area contributed by atoms with Crippen LogP contribution < -0.4 is 5.32 Å². The predicted molar refractivity (Wildman–Crippen MR) is 81.0 cm³/mol. The van der Waals surface area contributed by atoms with Gasteiger partial charge in [-0.1, -0.05) is 18.2 Å². The Morgan fingerprint density at radius 1 is 1.14 bits per heavy atom. The molecule has 0 bridgehead atoms. The summed E-state index contributed by atoms with van der Waals surface area (Å²) < 4.78 is 0. The Balaban J connectivity index is 1.84. The summed E-state index contributed by atoms with van der Waals surface area (Å²) in [5.74, 6) is -0.230. The van der Waals surface area contributed by atoms with Gasteiger partial charge in [-0.3, -0.25) is 9.78 Å². The minimum Gasteiger partial charge on any atom is -0.348 e. The molecule has 0 aliphatic carbocycles. The number of benzene rings is 1. The molecule has 0 aliphatic rings. The molecule has 0 unspecified atom stereocenters. The van der Waals surface area contributed by atoms with Crippen molar-refractivity contribution in [2.24, 2.45) is 0 Å². The van der Waals surface area contributed by atoms with Crippen molar-refractivity contribution in [3.05, 3.63) is 66.4 Å². The highest BCUT2D eigenvalue weighted by Crippen LogP contribution is 2.23. The Morgan fingerprint density at radius 2 is 2.05 bits per heavy atom. The third-order valence-corrected chi connectivity index (χ3v) is 3.12. The molecule has 1 amide bonds. The molecular weight excluding hydrogens is 264 g/mol.